The van der Waals surface area contributed by atoms with Gasteiger partial charge in [-0.3, -0.25) is 0 Å². The molecule has 1 fully saturated rings. The van der Waals surface area contributed by atoms with Gasteiger partial charge in [0.15, 0.2) is 0 Å². The van der Waals surface area contributed by atoms with Gasteiger partial charge in [-0.05, 0) is 72.5 Å². The molecule has 29 heavy (non-hydrogen) atoms. The van der Waals surface area contributed by atoms with E-state index in [-0.39, 0.29) is 18.4 Å². The Morgan fingerprint density at radius 1 is 1.14 bits per heavy atom. The van der Waals surface area contributed by atoms with Crippen molar-refractivity contribution in [2.45, 2.75) is 69.4 Å². The molecular formula is C22H33BrO5S. The van der Waals surface area contributed by atoms with Gasteiger partial charge in [-0.25, -0.2) is 0 Å². The van der Waals surface area contributed by atoms with Crippen molar-refractivity contribution in [2.75, 3.05) is 6.61 Å². The van der Waals surface area contributed by atoms with Gasteiger partial charge in [0.1, 0.15) is 0 Å². The molecule has 5 nitrogen and oxygen atoms in total. The van der Waals surface area contributed by atoms with Gasteiger partial charge in [-0.15, -0.1) is 11.3 Å². The van der Waals surface area contributed by atoms with E-state index in [0.29, 0.717) is 25.7 Å². The fourth-order valence-electron chi connectivity index (χ4n) is 3.77. The van der Waals surface area contributed by atoms with Gasteiger partial charge in [-0.2, -0.15) is 0 Å². The number of hydrogen-bond donors (Lipinski definition) is 5. The minimum atomic E-state index is -0.655. The summed E-state index contributed by atoms with van der Waals surface area (Å²) in [5, 5.41) is 49.0. The highest BCUT2D eigenvalue weighted by Gasteiger charge is 2.39. The van der Waals surface area contributed by atoms with Gasteiger partial charge in [0.05, 0.1) is 34.8 Å². The molecule has 0 saturated heterocycles. The third-order valence-corrected chi connectivity index (χ3v) is 7.16. The minimum absolute atomic E-state index is 0.0685. The van der Waals surface area contributed by atoms with Crippen molar-refractivity contribution >= 4 is 27.3 Å². The Morgan fingerprint density at radius 2 is 1.93 bits per heavy atom. The van der Waals surface area contributed by atoms with E-state index in [9.17, 15) is 20.4 Å². The second-order valence-electron chi connectivity index (χ2n) is 7.78. The zero-order valence-corrected chi connectivity index (χ0v) is 19.0. The van der Waals surface area contributed by atoms with Gasteiger partial charge in [0.2, 0.25) is 0 Å². The number of aryl methyl sites for hydroxylation is 1. The number of allylic oxidation sites excluding steroid dienone is 2. The molecule has 2 rings (SSSR count). The van der Waals surface area contributed by atoms with Gasteiger partial charge in [0, 0.05) is 17.2 Å². The average Bonchev–Trinajstić information content (AvgIpc) is 3.23. The third kappa shape index (κ3) is 8.61. The fraction of sp³-hybridized carbons (Fsp3) is 0.636. The number of thiophene rings is 1. The molecule has 1 saturated carbocycles. The lowest BCUT2D eigenvalue weighted by molar-refractivity contribution is 0.0868. The van der Waals surface area contributed by atoms with Crippen molar-refractivity contribution in [3.05, 3.63) is 45.1 Å². The minimum Gasteiger partial charge on any atom is -0.394 e. The van der Waals surface area contributed by atoms with Crippen LogP contribution in [0.15, 0.2) is 40.2 Å². The van der Waals surface area contributed by atoms with Crippen LogP contribution in [0.5, 0.6) is 0 Å². The standard InChI is InChI=1S/C22H33BrO5S/c23-22-12-10-17(29-22)9-7-15(25)8-11-19-18(20(27)13-21(19)28)6-4-2-1-3-5-16(26)14-24/h2,4,8,10-12,15-16,18-21,24-28H,1,3,5-7,9,13-14H2/t15?,16?,18-,19-,20+,21-/m1/s1. The van der Waals surface area contributed by atoms with Crippen LogP contribution in [0, 0.1) is 11.8 Å². The molecule has 164 valence electrons. The van der Waals surface area contributed by atoms with Crippen LogP contribution in [0.25, 0.3) is 0 Å². The Morgan fingerprint density at radius 3 is 2.62 bits per heavy atom. The van der Waals surface area contributed by atoms with E-state index in [0.717, 1.165) is 23.0 Å². The van der Waals surface area contributed by atoms with Crippen LogP contribution >= 0.6 is 27.3 Å². The van der Waals surface area contributed by atoms with E-state index < -0.39 is 24.4 Å². The van der Waals surface area contributed by atoms with E-state index in [4.69, 9.17) is 5.11 Å². The van der Waals surface area contributed by atoms with Crippen molar-refractivity contribution < 1.29 is 25.5 Å². The van der Waals surface area contributed by atoms with Crippen LogP contribution in [0.2, 0.25) is 0 Å². The summed E-state index contributed by atoms with van der Waals surface area (Å²) < 4.78 is 1.08. The largest absolute Gasteiger partial charge is 0.394 e. The predicted octanol–water partition coefficient (Wildman–Crippen LogP) is 3.19. The quantitative estimate of drug-likeness (QED) is 0.229. The highest BCUT2D eigenvalue weighted by atomic mass is 79.9. The Balaban J connectivity index is 1.79. The lowest BCUT2D eigenvalue weighted by atomic mass is 9.89. The van der Waals surface area contributed by atoms with Crippen LogP contribution in [0.3, 0.4) is 0 Å². The normalized spacial score (nSPS) is 27.2. The maximum atomic E-state index is 10.3. The first kappa shape index (κ1) is 24.7. The molecule has 6 atom stereocenters. The molecule has 2 unspecified atom stereocenters. The summed E-state index contributed by atoms with van der Waals surface area (Å²) >= 11 is 5.11. The topological polar surface area (TPSA) is 101 Å². The predicted molar refractivity (Wildman–Crippen MR) is 120 cm³/mol. The molecule has 0 aliphatic heterocycles. The molecule has 0 bridgehead atoms. The van der Waals surface area contributed by atoms with Crippen LogP contribution in [0.1, 0.15) is 43.4 Å². The summed E-state index contributed by atoms with van der Waals surface area (Å²) in [5.41, 5.74) is 0. The number of halogens is 1. The highest BCUT2D eigenvalue weighted by Crippen LogP contribution is 2.36. The molecule has 0 aromatic carbocycles. The molecule has 1 heterocycles. The first-order valence-electron chi connectivity index (χ1n) is 10.3. The summed E-state index contributed by atoms with van der Waals surface area (Å²) in [6.07, 6.45) is 9.89. The Kier molecular flexibility index (Phi) is 11.1. The lowest BCUT2D eigenvalue weighted by Crippen LogP contribution is -2.20. The molecule has 1 aromatic heterocycles. The number of hydrogen-bond acceptors (Lipinski definition) is 6. The van der Waals surface area contributed by atoms with Crippen molar-refractivity contribution in [2.24, 2.45) is 11.8 Å². The number of unbranched alkanes of at least 4 members (excludes halogenated alkanes) is 1. The van der Waals surface area contributed by atoms with Crippen LogP contribution in [-0.2, 0) is 6.42 Å². The monoisotopic (exact) mass is 488 g/mol. The van der Waals surface area contributed by atoms with Crippen molar-refractivity contribution in [1.82, 2.24) is 0 Å². The second kappa shape index (κ2) is 13.0. The summed E-state index contributed by atoms with van der Waals surface area (Å²) in [4.78, 5) is 1.22. The molecule has 0 radical (unpaired) electrons. The third-order valence-electron chi connectivity index (χ3n) is 5.48. The smallest absolute Gasteiger partial charge is 0.0771 e. The fourth-order valence-corrected chi connectivity index (χ4v) is 5.27. The highest BCUT2D eigenvalue weighted by molar-refractivity contribution is 9.11. The van der Waals surface area contributed by atoms with Gasteiger partial charge < -0.3 is 25.5 Å². The Hall–Kier alpha value is -0.540. The molecule has 1 aliphatic carbocycles. The molecule has 1 aliphatic rings. The molecular weight excluding hydrogens is 456 g/mol. The second-order valence-corrected chi connectivity index (χ2v) is 10.3. The zero-order valence-electron chi connectivity index (χ0n) is 16.6. The van der Waals surface area contributed by atoms with Crippen molar-refractivity contribution in [1.29, 1.82) is 0 Å². The SMILES string of the molecule is OCC(O)CCCC=CC[C@@H]1[C@@H](C=CC(O)CCc2ccc(Br)s2)[C@H](O)C[C@@H]1O. The zero-order chi connectivity index (χ0) is 21.2. The number of rotatable bonds is 12. The first-order valence-corrected chi connectivity index (χ1v) is 11.9. The summed E-state index contributed by atoms with van der Waals surface area (Å²) in [6, 6.07) is 4.06. The number of aliphatic hydroxyl groups excluding tert-OH is 5. The van der Waals surface area contributed by atoms with E-state index in [1.54, 1.807) is 17.4 Å². The van der Waals surface area contributed by atoms with Crippen molar-refractivity contribution in [3.8, 4) is 0 Å². The molecule has 0 spiro atoms. The molecule has 0 amide bonds. The summed E-state index contributed by atoms with van der Waals surface area (Å²) in [7, 11) is 0. The van der Waals surface area contributed by atoms with E-state index in [1.807, 2.05) is 24.3 Å². The molecule has 5 N–H and O–H groups in total. The van der Waals surface area contributed by atoms with Crippen LogP contribution in [-0.4, -0.2) is 56.6 Å². The maximum absolute atomic E-state index is 10.3. The Labute approximate surface area is 185 Å². The van der Waals surface area contributed by atoms with Gasteiger partial charge >= 0.3 is 0 Å². The molecule has 1 aromatic rings. The van der Waals surface area contributed by atoms with E-state index in [1.165, 1.54) is 4.88 Å². The van der Waals surface area contributed by atoms with Gasteiger partial charge in [-0.1, -0.05) is 24.3 Å². The van der Waals surface area contributed by atoms with Crippen molar-refractivity contribution in [3.63, 3.8) is 0 Å². The molecule has 7 heteroatoms. The maximum Gasteiger partial charge on any atom is 0.0771 e. The van der Waals surface area contributed by atoms with E-state index in [2.05, 4.69) is 22.0 Å². The lowest BCUT2D eigenvalue weighted by Gasteiger charge is -2.19. The number of aliphatic hydroxyl groups is 5. The first-order chi connectivity index (χ1) is 13.9. The summed E-state index contributed by atoms with van der Waals surface area (Å²) in [5.74, 6) is -0.239. The van der Waals surface area contributed by atoms with Crippen LogP contribution < -0.4 is 0 Å². The Bertz CT molecular complexity index is 647. The average molecular weight is 489 g/mol. The van der Waals surface area contributed by atoms with Crippen LogP contribution in [0.4, 0.5) is 0 Å². The van der Waals surface area contributed by atoms with E-state index >= 15 is 0 Å². The van der Waals surface area contributed by atoms with Gasteiger partial charge in [0.25, 0.3) is 0 Å². The summed E-state index contributed by atoms with van der Waals surface area (Å²) in [6.45, 7) is -0.208.